The van der Waals surface area contributed by atoms with Crippen molar-refractivity contribution in [3.63, 3.8) is 0 Å². The maximum absolute atomic E-state index is 5.71. The smallest absolute Gasteiger partial charge is 0.174 e. The fourth-order valence-electron chi connectivity index (χ4n) is 1.91. The summed E-state index contributed by atoms with van der Waals surface area (Å²) in [5.74, 6) is 0.427. The molecule has 0 radical (unpaired) electrons. The van der Waals surface area contributed by atoms with Gasteiger partial charge in [-0.05, 0) is 36.8 Å². The lowest BCUT2D eigenvalue weighted by atomic mass is 10.0. The van der Waals surface area contributed by atoms with Crippen molar-refractivity contribution in [2.45, 2.75) is 6.92 Å². The second kappa shape index (κ2) is 3.59. The topological polar surface area (TPSA) is 64.9 Å². The first-order chi connectivity index (χ1) is 8.25. The number of nitrogens with two attached hydrogens (primary N) is 1. The van der Waals surface area contributed by atoms with Crippen LogP contribution >= 0.6 is 0 Å². The van der Waals surface area contributed by atoms with Crippen LogP contribution in [0.25, 0.3) is 22.2 Å². The molecule has 0 aliphatic carbocycles. The minimum Gasteiger partial charge on any atom is -0.380 e. The quantitative estimate of drug-likeness (QED) is 0.691. The Balaban J connectivity index is 2.27. The summed E-state index contributed by atoms with van der Waals surface area (Å²) in [6.07, 6.45) is 1.77. The molecule has 0 amide bonds. The molecule has 4 nitrogen and oxygen atoms in total. The molecule has 17 heavy (non-hydrogen) atoms. The highest BCUT2D eigenvalue weighted by Crippen LogP contribution is 2.29. The lowest BCUT2D eigenvalue weighted by molar-refractivity contribution is 0.460. The molecule has 0 atom stereocenters. The molecule has 3 aromatic rings. The molecule has 0 saturated heterocycles. The minimum absolute atomic E-state index is 0.427. The highest BCUT2D eigenvalue weighted by Gasteiger charge is 2.10. The Labute approximate surface area is 98.1 Å². The van der Waals surface area contributed by atoms with E-state index in [0.29, 0.717) is 11.4 Å². The third-order valence-corrected chi connectivity index (χ3v) is 2.79. The molecule has 84 valence electrons. The summed E-state index contributed by atoms with van der Waals surface area (Å²) in [6.45, 7) is 2.02. The molecular weight excluding hydrogens is 214 g/mol. The van der Waals surface area contributed by atoms with Crippen molar-refractivity contribution in [1.82, 2.24) is 10.1 Å². The first kappa shape index (κ1) is 9.84. The van der Waals surface area contributed by atoms with Crippen LogP contribution in [-0.4, -0.2) is 10.1 Å². The summed E-state index contributed by atoms with van der Waals surface area (Å²) in [7, 11) is 0. The maximum atomic E-state index is 5.71. The zero-order valence-electron chi connectivity index (χ0n) is 9.34. The summed E-state index contributed by atoms with van der Waals surface area (Å²) in [4.78, 5) is 4.33. The van der Waals surface area contributed by atoms with Crippen LogP contribution < -0.4 is 5.73 Å². The van der Waals surface area contributed by atoms with Gasteiger partial charge in [0.15, 0.2) is 11.4 Å². The molecule has 0 fully saturated rings. The van der Waals surface area contributed by atoms with E-state index in [2.05, 4.69) is 10.1 Å². The number of nitrogen functional groups attached to an aromatic ring is 1. The van der Waals surface area contributed by atoms with E-state index in [1.165, 1.54) is 0 Å². The highest BCUT2D eigenvalue weighted by molar-refractivity contribution is 5.91. The van der Waals surface area contributed by atoms with E-state index in [9.17, 15) is 0 Å². The number of pyridine rings is 1. The van der Waals surface area contributed by atoms with Crippen molar-refractivity contribution in [3.8, 4) is 11.3 Å². The lowest BCUT2D eigenvalue weighted by Gasteiger charge is -2.04. The van der Waals surface area contributed by atoms with Gasteiger partial charge in [0.05, 0.1) is 11.1 Å². The first-order valence-electron chi connectivity index (χ1n) is 5.32. The van der Waals surface area contributed by atoms with Crippen LogP contribution in [0, 0.1) is 6.92 Å². The molecule has 4 heteroatoms. The van der Waals surface area contributed by atoms with Crippen LogP contribution in [-0.2, 0) is 0 Å². The molecular formula is C13H11N3O. The van der Waals surface area contributed by atoms with Crippen LogP contribution in [0.4, 0.5) is 5.82 Å². The zero-order chi connectivity index (χ0) is 11.8. The van der Waals surface area contributed by atoms with Gasteiger partial charge in [0.1, 0.15) is 0 Å². The Kier molecular flexibility index (Phi) is 2.08. The van der Waals surface area contributed by atoms with Gasteiger partial charge in [0.25, 0.3) is 0 Å². The normalized spacial score (nSPS) is 10.9. The third-order valence-electron chi connectivity index (χ3n) is 2.79. The van der Waals surface area contributed by atoms with Crippen LogP contribution in [0.15, 0.2) is 41.1 Å². The van der Waals surface area contributed by atoms with E-state index in [4.69, 9.17) is 10.3 Å². The number of benzene rings is 1. The highest BCUT2D eigenvalue weighted by atomic mass is 16.5. The number of nitrogens with zero attached hydrogens (tertiary/aromatic N) is 2. The van der Waals surface area contributed by atoms with Crippen molar-refractivity contribution in [1.29, 1.82) is 0 Å². The molecule has 0 spiro atoms. The summed E-state index contributed by atoms with van der Waals surface area (Å²) >= 11 is 0. The van der Waals surface area contributed by atoms with E-state index < -0.39 is 0 Å². The number of fused-ring (bicyclic) bond motifs is 1. The van der Waals surface area contributed by atoms with Gasteiger partial charge >= 0.3 is 0 Å². The number of hydrogen-bond donors (Lipinski definition) is 1. The molecule has 3 rings (SSSR count). The Morgan fingerprint density at radius 2 is 2.12 bits per heavy atom. The molecule has 2 aromatic heterocycles. The third kappa shape index (κ3) is 1.54. The van der Waals surface area contributed by atoms with E-state index in [1.807, 2.05) is 37.3 Å². The molecule has 0 aliphatic rings. The van der Waals surface area contributed by atoms with Crippen molar-refractivity contribution in [3.05, 3.63) is 42.1 Å². The summed E-state index contributed by atoms with van der Waals surface area (Å²) in [5, 5.41) is 4.60. The van der Waals surface area contributed by atoms with Crippen LogP contribution in [0.3, 0.4) is 0 Å². The SMILES string of the molecule is Cc1cc2c(N)noc2cc1-c1ccccn1. The second-order valence-corrected chi connectivity index (χ2v) is 3.95. The summed E-state index contributed by atoms with van der Waals surface area (Å²) in [5.41, 5.74) is 9.46. The Morgan fingerprint density at radius 1 is 1.24 bits per heavy atom. The van der Waals surface area contributed by atoms with Gasteiger partial charge in [-0.3, -0.25) is 4.98 Å². The van der Waals surface area contributed by atoms with Crippen molar-refractivity contribution < 1.29 is 4.52 Å². The van der Waals surface area contributed by atoms with Crippen LogP contribution in [0.2, 0.25) is 0 Å². The molecule has 0 bridgehead atoms. The lowest BCUT2D eigenvalue weighted by Crippen LogP contribution is -1.88. The molecule has 1 aromatic carbocycles. The van der Waals surface area contributed by atoms with E-state index >= 15 is 0 Å². The monoisotopic (exact) mass is 225 g/mol. The molecule has 0 saturated carbocycles. The second-order valence-electron chi connectivity index (χ2n) is 3.95. The molecule has 0 aliphatic heterocycles. The standard InChI is InChI=1S/C13H11N3O/c1-8-6-10-12(17-16-13(10)14)7-9(8)11-4-2-3-5-15-11/h2-7H,1H3,(H2,14,16). The van der Waals surface area contributed by atoms with Crippen LogP contribution in [0.1, 0.15) is 5.56 Å². The molecule has 2 heterocycles. The number of aryl methyl sites for hydroxylation is 1. The number of hydrogen-bond acceptors (Lipinski definition) is 4. The van der Waals surface area contributed by atoms with Crippen molar-refractivity contribution in [2.75, 3.05) is 5.73 Å². The van der Waals surface area contributed by atoms with E-state index in [-0.39, 0.29) is 0 Å². The zero-order valence-corrected chi connectivity index (χ0v) is 9.34. The van der Waals surface area contributed by atoms with Gasteiger partial charge in [-0.2, -0.15) is 0 Å². The van der Waals surface area contributed by atoms with E-state index in [1.54, 1.807) is 6.20 Å². The van der Waals surface area contributed by atoms with Gasteiger partial charge in [-0.1, -0.05) is 11.2 Å². The summed E-state index contributed by atoms with van der Waals surface area (Å²) in [6, 6.07) is 9.72. The fourth-order valence-corrected chi connectivity index (χ4v) is 1.91. The van der Waals surface area contributed by atoms with Gasteiger partial charge < -0.3 is 10.3 Å². The minimum atomic E-state index is 0.427. The van der Waals surface area contributed by atoms with Gasteiger partial charge in [0.2, 0.25) is 0 Å². The summed E-state index contributed by atoms with van der Waals surface area (Å²) < 4.78 is 5.16. The maximum Gasteiger partial charge on any atom is 0.174 e. The largest absolute Gasteiger partial charge is 0.380 e. The Hall–Kier alpha value is -2.36. The van der Waals surface area contributed by atoms with Crippen molar-refractivity contribution >= 4 is 16.8 Å². The fraction of sp³-hybridized carbons (Fsp3) is 0.0769. The Morgan fingerprint density at radius 3 is 2.88 bits per heavy atom. The van der Waals surface area contributed by atoms with Gasteiger partial charge in [-0.15, -0.1) is 0 Å². The van der Waals surface area contributed by atoms with Gasteiger partial charge in [-0.25, -0.2) is 0 Å². The van der Waals surface area contributed by atoms with Gasteiger partial charge in [0, 0.05) is 11.8 Å². The van der Waals surface area contributed by atoms with Crippen LogP contribution in [0.5, 0.6) is 0 Å². The first-order valence-corrected chi connectivity index (χ1v) is 5.32. The van der Waals surface area contributed by atoms with E-state index in [0.717, 1.165) is 22.2 Å². The van der Waals surface area contributed by atoms with Crippen molar-refractivity contribution in [2.24, 2.45) is 0 Å². The predicted molar refractivity (Wildman–Crippen MR) is 66.4 cm³/mol. The average molecular weight is 225 g/mol. The predicted octanol–water partition coefficient (Wildman–Crippen LogP) is 2.78. The Bertz CT molecular complexity index is 674. The average Bonchev–Trinajstić information content (AvgIpc) is 2.71. The number of rotatable bonds is 1. The number of anilines is 1. The number of aromatic nitrogens is 2. The molecule has 2 N–H and O–H groups in total. The molecule has 0 unspecified atom stereocenters.